The van der Waals surface area contributed by atoms with Gasteiger partial charge in [0.15, 0.2) is 0 Å². The number of aromatic nitrogens is 2. The van der Waals surface area contributed by atoms with E-state index < -0.39 is 10.3 Å². The number of hydrogen-bond acceptors (Lipinski definition) is 7. The van der Waals surface area contributed by atoms with E-state index in [2.05, 4.69) is 15.3 Å². The number of aryl methyl sites for hydroxylation is 3. The summed E-state index contributed by atoms with van der Waals surface area (Å²) in [6.07, 6.45) is 1.50. The lowest BCUT2D eigenvalue weighted by atomic mass is 10.1. The van der Waals surface area contributed by atoms with Crippen molar-refractivity contribution < 1.29 is 17.8 Å². The third kappa shape index (κ3) is 6.82. The van der Waals surface area contributed by atoms with Crippen LogP contribution in [0.15, 0.2) is 29.6 Å². The van der Waals surface area contributed by atoms with Gasteiger partial charge in [-0.15, -0.1) is 22.7 Å². The molecule has 166 valence electrons. The summed E-state index contributed by atoms with van der Waals surface area (Å²) in [5.41, 5.74) is 2.90. The van der Waals surface area contributed by atoms with Gasteiger partial charge in [-0.3, -0.25) is 14.1 Å². The number of anilines is 1. The van der Waals surface area contributed by atoms with Gasteiger partial charge >= 0.3 is 10.3 Å². The lowest BCUT2D eigenvalue weighted by Gasteiger charge is -2.17. The van der Waals surface area contributed by atoms with Gasteiger partial charge in [0.1, 0.15) is 5.01 Å². The molecule has 0 saturated carbocycles. The summed E-state index contributed by atoms with van der Waals surface area (Å²) >= 11 is 3.08. The van der Waals surface area contributed by atoms with Crippen LogP contribution >= 0.6 is 22.7 Å². The SMILES string of the molecule is CCc1csc([C@H](Cc2ccc(NS(=O)(=O)O)cc2)NC(=O)Cc2nc(C)sc2C)n1. The molecule has 2 aromatic heterocycles. The molecule has 0 aliphatic rings. The Morgan fingerprint density at radius 1 is 1.19 bits per heavy atom. The van der Waals surface area contributed by atoms with Gasteiger partial charge in [0.25, 0.3) is 0 Å². The standard InChI is InChI=1S/C20H24N4O4S3/c1-4-15-11-29-20(22-15)18(23-19(25)10-17-12(2)30-13(3)21-17)9-14-5-7-16(8-6-14)24-31(26,27)28/h5-8,11,18,24H,4,9-10H2,1-3H3,(H,23,25)(H,26,27,28)/t18-/m0/s1. The largest absolute Gasteiger partial charge is 0.357 e. The first kappa shape index (κ1) is 23.3. The van der Waals surface area contributed by atoms with E-state index in [4.69, 9.17) is 4.55 Å². The second-order valence-electron chi connectivity index (χ2n) is 7.04. The molecule has 3 N–H and O–H groups in total. The number of carbonyl (C=O) groups is 1. The van der Waals surface area contributed by atoms with E-state index in [0.717, 1.165) is 38.3 Å². The average Bonchev–Trinajstić information content (AvgIpc) is 3.28. The van der Waals surface area contributed by atoms with Crippen LogP contribution in [0, 0.1) is 13.8 Å². The highest BCUT2D eigenvalue weighted by molar-refractivity contribution is 7.87. The van der Waals surface area contributed by atoms with E-state index in [1.54, 1.807) is 35.6 Å². The van der Waals surface area contributed by atoms with Gasteiger partial charge in [-0.1, -0.05) is 19.1 Å². The Kier molecular flexibility index (Phi) is 7.42. The predicted molar refractivity (Wildman–Crippen MR) is 123 cm³/mol. The molecule has 3 aromatic rings. The Labute approximate surface area is 189 Å². The number of amides is 1. The minimum atomic E-state index is -4.32. The van der Waals surface area contributed by atoms with Crippen molar-refractivity contribution in [1.82, 2.24) is 15.3 Å². The van der Waals surface area contributed by atoms with E-state index in [9.17, 15) is 13.2 Å². The van der Waals surface area contributed by atoms with Crippen molar-refractivity contribution in [3.63, 3.8) is 0 Å². The summed E-state index contributed by atoms with van der Waals surface area (Å²) in [5, 5.41) is 6.82. The molecule has 11 heteroatoms. The van der Waals surface area contributed by atoms with Crippen molar-refractivity contribution in [2.45, 2.75) is 46.1 Å². The van der Waals surface area contributed by atoms with Crippen LogP contribution in [-0.2, 0) is 34.4 Å². The highest BCUT2D eigenvalue weighted by Gasteiger charge is 2.20. The molecule has 0 saturated heterocycles. The van der Waals surface area contributed by atoms with Gasteiger partial charge in [-0.2, -0.15) is 8.42 Å². The van der Waals surface area contributed by atoms with E-state index in [1.165, 1.54) is 11.3 Å². The first-order valence-electron chi connectivity index (χ1n) is 9.63. The Morgan fingerprint density at radius 3 is 2.45 bits per heavy atom. The van der Waals surface area contributed by atoms with Crippen molar-refractivity contribution in [1.29, 1.82) is 0 Å². The van der Waals surface area contributed by atoms with Crippen LogP contribution in [0.1, 0.15) is 44.8 Å². The molecular weight excluding hydrogens is 456 g/mol. The van der Waals surface area contributed by atoms with Gasteiger partial charge in [0, 0.05) is 10.3 Å². The molecule has 8 nitrogen and oxygen atoms in total. The lowest BCUT2D eigenvalue weighted by molar-refractivity contribution is -0.121. The third-order valence-corrected chi connectivity index (χ3v) is 6.96. The molecule has 0 aliphatic heterocycles. The van der Waals surface area contributed by atoms with Crippen LogP contribution in [0.25, 0.3) is 0 Å². The highest BCUT2D eigenvalue weighted by Crippen LogP contribution is 2.24. The molecule has 0 spiro atoms. The topological polar surface area (TPSA) is 121 Å². The number of benzene rings is 1. The smallest absolute Gasteiger partial charge is 0.346 e. The second kappa shape index (κ2) is 9.86. The van der Waals surface area contributed by atoms with Gasteiger partial charge in [-0.25, -0.2) is 9.97 Å². The van der Waals surface area contributed by atoms with E-state index >= 15 is 0 Å². The molecule has 0 radical (unpaired) electrons. The maximum absolute atomic E-state index is 12.8. The first-order chi connectivity index (χ1) is 14.6. The van der Waals surface area contributed by atoms with Gasteiger partial charge < -0.3 is 5.32 Å². The van der Waals surface area contributed by atoms with Crippen molar-refractivity contribution in [2.24, 2.45) is 0 Å². The van der Waals surface area contributed by atoms with Crippen molar-refractivity contribution in [3.8, 4) is 0 Å². The molecule has 2 heterocycles. The summed E-state index contributed by atoms with van der Waals surface area (Å²) in [4.78, 5) is 22.9. The molecule has 1 amide bonds. The Bertz CT molecular complexity index is 1150. The van der Waals surface area contributed by atoms with Crippen molar-refractivity contribution >= 4 is 44.6 Å². The molecule has 0 aliphatic carbocycles. The van der Waals surface area contributed by atoms with Crippen molar-refractivity contribution in [3.05, 3.63) is 61.5 Å². The maximum atomic E-state index is 12.8. The summed E-state index contributed by atoms with van der Waals surface area (Å²) < 4.78 is 32.8. The van der Waals surface area contributed by atoms with E-state index in [-0.39, 0.29) is 24.1 Å². The summed E-state index contributed by atoms with van der Waals surface area (Å²) in [5.74, 6) is -0.128. The number of nitrogens with zero attached hydrogens (tertiary/aromatic N) is 2. The fourth-order valence-corrected chi connectivity index (χ4v) is 5.29. The van der Waals surface area contributed by atoms with Gasteiger partial charge in [0.2, 0.25) is 5.91 Å². The van der Waals surface area contributed by atoms with Crippen LogP contribution in [0.4, 0.5) is 5.69 Å². The zero-order valence-corrected chi connectivity index (χ0v) is 19.8. The molecule has 0 bridgehead atoms. The predicted octanol–water partition coefficient (Wildman–Crippen LogP) is 3.64. The fraction of sp³-hybridized carbons (Fsp3) is 0.350. The number of rotatable bonds is 9. The first-order valence-corrected chi connectivity index (χ1v) is 12.8. The summed E-state index contributed by atoms with van der Waals surface area (Å²) in [6, 6.07) is 6.29. The number of hydrogen-bond donors (Lipinski definition) is 3. The van der Waals surface area contributed by atoms with Gasteiger partial charge in [-0.05, 0) is 44.4 Å². The molecule has 0 unspecified atom stereocenters. The number of nitrogens with one attached hydrogen (secondary N) is 2. The quantitative estimate of drug-likeness (QED) is 0.402. The fourth-order valence-electron chi connectivity index (χ4n) is 3.07. The van der Waals surface area contributed by atoms with E-state index in [0.29, 0.717) is 6.42 Å². The van der Waals surface area contributed by atoms with Crippen LogP contribution in [-0.4, -0.2) is 28.8 Å². The van der Waals surface area contributed by atoms with Crippen LogP contribution < -0.4 is 10.0 Å². The lowest BCUT2D eigenvalue weighted by Crippen LogP contribution is -2.31. The van der Waals surface area contributed by atoms with Crippen LogP contribution in [0.2, 0.25) is 0 Å². The Morgan fingerprint density at radius 2 is 1.90 bits per heavy atom. The zero-order valence-electron chi connectivity index (χ0n) is 17.4. The highest BCUT2D eigenvalue weighted by atomic mass is 32.2. The number of thiazole rings is 2. The molecular formula is C20H24N4O4S3. The normalized spacial score (nSPS) is 12.5. The molecule has 1 atom stereocenters. The van der Waals surface area contributed by atoms with Crippen LogP contribution in [0.3, 0.4) is 0 Å². The minimum Gasteiger partial charge on any atom is -0.346 e. The zero-order chi connectivity index (χ0) is 22.6. The maximum Gasteiger partial charge on any atom is 0.357 e. The third-order valence-electron chi connectivity index (χ3n) is 4.53. The average molecular weight is 481 g/mol. The molecule has 0 fully saturated rings. The summed E-state index contributed by atoms with van der Waals surface area (Å²) in [6.45, 7) is 5.91. The van der Waals surface area contributed by atoms with Gasteiger partial charge in [0.05, 0.1) is 34.5 Å². The van der Waals surface area contributed by atoms with Crippen molar-refractivity contribution in [2.75, 3.05) is 4.72 Å². The minimum absolute atomic E-state index is 0.128. The second-order valence-corrected chi connectivity index (χ2v) is 10.5. The Balaban J connectivity index is 1.76. The summed E-state index contributed by atoms with van der Waals surface area (Å²) in [7, 11) is -4.32. The van der Waals surface area contributed by atoms with Crippen LogP contribution in [0.5, 0.6) is 0 Å². The molecule has 3 rings (SSSR count). The number of carbonyl (C=O) groups excluding carboxylic acids is 1. The monoisotopic (exact) mass is 480 g/mol. The van der Waals surface area contributed by atoms with E-state index in [1.807, 2.05) is 30.9 Å². The molecule has 31 heavy (non-hydrogen) atoms. The Hall–Kier alpha value is -2.34. The molecule has 1 aromatic carbocycles.